The summed E-state index contributed by atoms with van der Waals surface area (Å²) >= 11 is 12.6. The Labute approximate surface area is 244 Å². The van der Waals surface area contributed by atoms with Crippen LogP contribution in [0.15, 0.2) is 54.6 Å². The van der Waals surface area contributed by atoms with Crippen LogP contribution in [0.3, 0.4) is 0 Å². The van der Waals surface area contributed by atoms with Crippen LogP contribution in [0, 0.1) is 6.92 Å². The molecule has 12 heteroatoms. The van der Waals surface area contributed by atoms with Gasteiger partial charge in [0, 0.05) is 33.8 Å². The smallest absolute Gasteiger partial charge is 0.471 e. The van der Waals surface area contributed by atoms with Gasteiger partial charge in [0.05, 0.1) is 28.9 Å². The molecule has 0 unspecified atom stereocenters. The monoisotopic (exact) mass is 604 g/mol. The molecule has 3 heterocycles. The summed E-state index contributed by atoms with van der Waals surface area (Å²) in [7, 11) is 0. The number of amides is 1. The molecule has 4 aromatic rings. The summed E-state index contributed by atoms with van der Waals surface area (Å²) in [6, 6.07) is 13.7. The van der Waals surface area contributed by atoms with Crippen molar-refractivity contribution < 1.29 is 27.4 Å². The summed E-state index contributed by atoms with van der Waals surface area (Å²) in [5.41, 5.74) is 3.07. The summed E-state index contributed by atoms with van der Waals surface area (Å²) in [4.78, 5) is 17.8. The molecule has 1 aliphatic heterocycles. The van der Waals surface area contributed by atoms with Gasteiger partial charge in [0.25, 0.3) is 0 Å². The van der Waals surface area contributed by atoms with Gasteiger partial charge in [-0.2, -0.15) is 5.10 Å². The predicted molar refractivity (Wildman–Crippen MR) is 149 cm³/mol. The number of aromatic amines is 1. The van der Waals surface area contributed by atoms with Gasteiger partial charge in [-0.1, -0.05) is 35.3 Å². The van der Waals surface area contributed by atoms with Crippen LogP contribution in [0.2, 0.25) is 10.0 Å². The number of nitrogens with one attached hydrogen (secondary N) is 2. The highest BCUT2D eigenvalue weighted by Crippen LogP contribution is 2.45. The van der Waals surface area contributed by atoms with Crippen LogP contribution in [0.25, 0.3) is 22.4 Å². The first-order chi connectivity index (χ1) is 19.3. The number of pyridine rings is 1. The number of rotatable bonds is 6. The Balaban J connectivity index is 1.62. The van der Waals surface area contributed by atoms with E-state index in [9.17, 15) is 18.0 Å². The lowest BCUT2D eigenvalue weighted by molar-refractivity contribution is -0.274. The largest absolute Gasteiger partial charge is 0.573 e. The number of hydrogen-bond acceptors (Lipinski definition) is 5. The minimum Gasteiger partial charge on any atom is -0.471 e. The van der Waals surface area contributed by atoms with Crippen molar-refractivity contribution >= 4 is 29.1 Å². The van der Waals surface area contributed by atoms with Gasteiger partial charge >= 0.3 is 6.36 Å². The van der Waals surface area contributed by atoms with Gasteiger partial charge in [-0.3, -0.25) is 9.89 Å². The number of aromatic nitrogens is 3. The number of H-pyrrole nitrogens is 1. The molecule has 2 aromatic heterocycles. The van der Waals surface area contributed by atoms with Crippen LogP contribution in [-0.4, -0.2) is 33.1 Å². The molecule has 0 aliphatic carbocycles. The maximum atomic E-state index is 13.0. The van der Waals surface area contributed by atoms with Crippen LogP contribution >= 0.6 is 23.2 Å². The van der Waals surface area contributed by atoms with E-state index in [4.69, 9.17) is 32.9 Å². The van der Waals surface area contributed by atoms with E-state index in [0.29, 0.717) is 33.8 Å². The molecule has 0 saturated heterocycles. The topological polar surface area (TPSA) is 89.1 Å². The third kappa shape index (κ3) is 6.77. The lowest BCUT2D eigenvalue weighted by Crippen LogP contribution is -2.42. The second kappa shape index (κ2) is 10.9. The van der Waals surface area contributed by atoms with E-state index in [-0.39, 0.29) is 34.5 Å². The van der Waals surface area contributed by atoms with Crippen LogP contribution in [0.1, 0.15) is 43.3 Å². The van der Waals surface area contributed by atoms with E-state index >= 15 is 0 Å². The van der Waals surface area contributed by atoms with E-state index in [1.807, 2.05) is 26.8 Å². The van der Waals surface area contributed by atoms with Crippen molar-refractivity contribution in [3.63, 3.8) is 0 Å². The number of nitrogens with zero attached hydrogens (tertiary/aromatic N) is 2. The summed E-state index contributed by atoms with van der Waals surface area (Å²) in [5.74, 6) is -0.450. The standard InChI is InChI=1S/C29H25Cl2F3N4O3/c1-15-10-18(38-37-15)11-25(39)35-24-14-28(2,3)41-27-22(24)13-20(16-4-6-17(30)7-5-16)26(36-27)21-12-19(8-9-23(21)31)40-29(32,33)34/h4-10,12-13,24H,11,14H2,1-3H3,(H,35,39)(H,37,38)/t24-/m1/s1. The number of carbonyl (C=O) groups is 1. The van der Waals surface area contributed by atoms with E-state index in [2.05, 4.69) is 20.3 Å². The molecule has 0 radical (unpaired) electrons. The third-order valence-corrected chi connectivity index (χ3v) is 7.06. The zero-order chi connectivity index (χ0) is 29.5. The van der Waals surface area contributed by atoms with Gasteiger partial charge in [0.2, 0.25) is 11.8 Å². The SMILES string of the molecule is Cc1cc(CC(=O)N[C@@H]2CC(C)(C)Oc3nc(-c4cc(OC(F)(F)F)ccc4Cl)c(-c4ccc(Cl)cc4)cc32)n[nH]1. The highest BCUT2D eigenvalue weighted by atomic mass is 35.5. The van der Waals surface area contributed by atoms with E-state index in [1.165, 1.54) is 12.1 Å². The van der Waals surface area contributed by atoms with Crippen molar-refractivity contribution in [3.05, 3.63) is 81.6 Å². The van der Waals surface area contributed by atoms with Crippen molar-refractivity contribution in [2.24, 2.45) is 0 Å². The Bertz CT molecular complexity index is 1600. The first kappa shape index (κ1) is 28.8. The highest BCUT2D eigenvalue weighted by molar-refractivity contribution is 6.33. The van der Waals surface area contributed by atoms with Crippen molar-refractivity contribution in [3.8, 4) is 34.0 Å². The molecular weight excluding hydrogens is 580 g/mol. The number of ether oxygens (including phenoxy) is 2. The maximum Gasteiger partial charge on any atom is 0.573 e. The van der Waals surface area contributed by atoms with Crippen LogP contribution in [-0.2, 0) is 11.2 Å². The highest BCUT2D eigenvalue weighted by Gasteiger charge is 2.37. The van der Waals surface area contributed by atoms with Crippen LogP contribution in [0.5, 0.6) is 11.6 Å². The van der Waals surface area contributed by atoms with Gasteiger partial charge in [-0.15, -0.1) is 13.2 Å². The summed E-state index contributed by atoms with van der Waals surface area (Å²) in [5, 5.41) is 10.7. The number of fused-ring (bicyclic) bond motifs is 1. The molecule has 0 fully saturated rings. The lowest BCUT2D eigenvalue weighted by atomic mass is 9.88. The molecule has 1 aliphatic rings. The Hall–Kier alpha value is -3.76. The maximum absolute atomic E-state index is 13.0. The van der Waals surface area contributed by atoms with E-state index in [0.717, 1.165) is 11.8 Å². The van der Waals surface area contributed by atoms with Crippen molar-refractivity contribution in [2.45, 2.75) is 51.6 Å². The second-order valence-corrected chi connectivity index (χ2v) is 11.2. The molecule has 2 N–H and O–H groups in total. The zero-order valence-electron chi connectivity index (χ0n) is 22.2. The Kier molecular flexibility index (Phi) is 7.65. The summed E-state index contributed by atoms with van der Waals surface area (Å²) < 4.78 is 49.4. The van der Waals surface area contributed by atoms with Crippen molar-refractivity contribution in [1.82, 2.24) is 20.5 Å². The fourth-order valence-corrected chi connectivity index (χ4v) is 5.12. The molecule has 1 amide bonds. The minimum absolute atomic E-state index is 0.0780. The van der Waals surface area contributed by atoms with Crippen LogP contribution < -0.4 is 14.8 Å². The molecule has 41 heavy (non-hydrogen) atoms. The van der Waals surface area contributed by atoms with Crippen molar-refractivity contribution in [1.29, 1.82) is 0 Å². The number of aryl methyl sites for hydroxylation is 1. The Morgan fingerprint density at radius 3 is 2.51 bits per heavy atom. The van der Waals surface area contributed by atoms with Gasteiger partial charge in [0.15, 0.2) is 0 Å². The average molecular weight is 605 g/mol. The molecule has 214 valence electrons. The second-order valence-electron chi connectivity index (χ2n) is 10.4. The van der Waals surface area contributed by atoms with Gasteiger partial charge in [0.1, 0.15) is 11.4 Å². The first-order valence-corrected chi connectivity index (χ1v) is 13.4. The quantitative estimate of drug-likeness (QED) is 0.236. The fourth-order valence-electron chi connectivity index (χ4n) is 4.79. The number of alkyl halides is 3. The molecule has 2 aromatic carbocycles. The van der Waals surface area contributed by atoms with Gasteiger partial charge < -0.3 is 14.8 Å². The summed E-state index contributed by atoms with van der Waals surface area (Å²) in [6.07, 6.45) is -4.36. The predicted octanol–water partition coefficient (Wildman–Crippen LogP) is 7.61. The minimum atomic E-state index is -4.89. The average Bonchev–Trinajstić information content (AvgIpc) is 3.27. The number of hydrogen-bond donors (Lipinski definition) is 2. The molecule has 0 spiro atoms. The molecular formula is C29H25Cl2F3N4O3. The Morgan fingerprint density at radius 1 is 1.12 bits per heavy atom. The number of benzene rings is 2. The Morgan fingerprint density at radius 2 is 1.85 bits per heavy atom. The van der Waals surface area contributed by atoms with Gasteiger partial charge in [-0.05, 0) is 68.8 Å². The molecule has 1 atom stereocenters. The summed E-state index contributed by atoms with van der Waals surface area (Å²) in [6.45, 7) is 5.58. The molecule has 5 rings (SSSR count). The molecule has 7 nitrogen and oxygen atoms in total. The zero-order valence-corrected chi connectivity index (χ0v) is 23.7. The van der Waals surface area contributed by atoms with Gasteiger partial charge in [-0.25, -0.2) is 4.98 Å². The molecule has 0 bridgehead atoms. The number of halogens is 5. The fraction of sp³-hybridized carbons (Fsp3) is 0.276. The van der Waals surface area contributed by atoms with Crippen molar-refractivity contribution in [2.75, 3.05) is 0 Å². The molecule has 0 saturated carbocycles. The lowest BCUT2D eigenvalue weighted by Gasteiger charge is -2.37. The van der Waals surface area contributed by atoms with Crippen LogP contribution in [0.4, 0.5) is 13.2 Å². The normalized spacial score (nSPS) is 16.0. The number of carbonyl (C=O) groups excluding carboxylic acids is 1. The third-order valence-electron chi connectivity index (χ3n) is 6.48. The first-order valence-electron chi connectivity index (χ1n) is 12.6. The van der Waals surface area contributed by atoms with E-state index < -0.39 is 23.8 Å². The van der Waals surface area contributed by atoms with E-state index in [1.54, 1.807) is 30.3 Å².